The molecule has 1 aromatic heterocycles. The lowest BCUT2D eigenvalue weighted by atomic mass is 10.1. The Hall–Kier alpha value is -1.66. The smallest absolute Gasteiger partial charge is 0.254 e. The summed E-state index contributed by atoms with van der Waals surface area (Å²) < 4.78 is 2.61. The second-order valence-electron chi connectivity index (χ2n) is 5.15. The lowest BCUT2D eigenvalue weighted by Crippen LogP contribution is -2.46. The summed E-state index contributed by atoms with van der Waals surface area (Å²) in [5, 5.41) is 16.1. The van der Waals surface area contributed by atoms with Gasteiger partial charge in [0.1, 0.15) is 0 Å². The molecule has 0 aliphatic rings. The van der Waals surface area contributed by atoms with E-state index in [0.717, 1.165) is 10.2 Å². The SMILES string of the molecule is CC(C)(CO)NC(=O)c1cnn(-c2ccc(Br)cc2)c1. The number of halogens is 1. The molecule has 0 saturated heterocycles. The topological polar surface area (TPSA) is 67.2 Å². The number of nitrogens with zero attached hydrogens (tertiary/aromatic N) is 2. The molecule has 0 fully saturated rings. The van der Waals surface area contributed by atoms with Gasteiger partial charge in [-0.2, -0.15) is 5.10 Å². The lowest BCUT2D eigenvalue weighted by Gasteiger charge is -2.22. The first-order chi connectivity index (χ1) is 9.41. The maximum Gasteiger partial charge on any atom is 0.254 e. The molecule has 1 heterocycles. The van der Waals surface area contributed by atoms with Crippen molar-refractivity contribution in [1.29, 1.82) is 0 Å². The van der Waals surface area contributed by atoms with Gasteiger partial charge in [0.25, 0.3) is 5.91 Å². The van der Waals surface area contributed by atoms with E-state index in [-0.39, 0.29) is 12.5 Å². The van der Waals surface area contributed by atoms with Crippen LogP contribution in [0.2, 0.25) is 0 Å². The molecule has 5 nitrogen and oxygen atoms in total. The first kappa shape index (κ1) is 14.7. The first-order valence-electron chi connectivity index (χ1n) is 6.15. The van der Waals surface area contributed by atoms with Crippen LogP contribution in [0.3, 0.4) is 0 Å². The Morgan fingerprint density at radius 3 is 2.65 bits per heavy atom. The van der Waals surface area contributed by atoms with Crippen LogP contribution in [0, 0.1) is 0 Å². The van der Waals surface area contributed by atoms with Crippen molar-refractivity contribution in [2.24, 2.45) is 0 Å². The Kier molecular flexibility index (Phi) is 4.25. The molecule has 0 atom stereocenters. The molecule has 2 rings (SSSR count). The zero-order chi connectivity index (χ0) is 14.8. The van der Waals surface area contributed by atoms with Gasteiger partial charge in [0.2, 0.25) is 0 Å². The highest BCUT2D eigenvalue weighted by Gasteiger charge is 2.20. The number of carbonyl (C=O) groups excluding carboxylic acids is 1. The van der Waals surface area contributed by atoms with E-state index in [2.05, 4.69) is 26.3 Å². The minimum absolute atomic E-state index is 0.125. The standard InChI is InChI=1S/C14H16BrN3O2/c1-14(2,9-19)17-13(20)10-7-16-18(8-10)12-5-3-11(15)4-6-12/h3-8,19H,9H2,1-2H3,(H,17,20). The number of benzene rings is 1. The molecular weight excluding hydrogens is 322 g/mol. The van der Waals surface area contributed by atoms with Crippen LogP contribution >= 0.6 is 15.9 Å². The summed E-state index contributed by atoms with van der Waals surface area (Å²) in [6, 6.07) is 7.62. The summed E-state index contributed by atoms with van der Waals surface area (Å²) >= 11 is 3.37. The Balaban J connectivity index is 2.17. The maximum atomic E-state index is 12.0. The monoisotopic (exact) mass is 337 g/mol. The number of hydrogen-bond donors (Lipinski definition) is 2. The van der Waals surface area contributed by atoms with Crippen molar-refractivity contribution in [2.75, 3.05) is 6.61 Å². The number of aromatic nitrogens is 2. The van der Waals surface area contributed by atoms with Crippen LogP contribution in [0.15, 0.2) is 41.1 Å². The molecule has 1 amide bonds. The summed E-state index contributed by atoms with van der Waals surface area (Å²) in [7, 11) is 0. The van der Waals surface area contributed by atoms with Gasteiger partial charge >= 0.3 is 0 Å². The van der Waals surface area contributed by atoms with Crippen LogP contribution in [-0.4, -0.2) is 32.9 Å². The molecule has 0 aliphatic carbocycles. The molecule has 2 aromatic rings. The predicted molar refractivity (Wildman–Crippen MR) is 79.9 cm³/mol. The van der Waals surface area contributed by atoms with Crippen molar-refractivity contribution in [1.82, 2.24) is 15.1 Å². The van der Waals surface area contributed by atoms with Gasteiger partial charge in [0, 0.05) is 10.7 Å². The van der Waals surface area contributed by atoms with E-state index in [1.807, 2.05) is 24.3 Å². The van der Waals surface area contributed by atoms with E-state index in [4.69, 9.17) is 5.11 Å². The van der Waals surface area contributed by atoms with Crippen LogP contribution in [0.25, 0.3) is 5.69 Å². The van der Waals surface area contributed by atoms with Crippen molar-refractivity contribution < 1.29 is 9.90 Å². The Morgan fingerprint density at radius 2 is 2.05 bits per heavy atom. The Labute approximate surface area is 125 Å². The summed E-state index contributed by atoms with van der Waals surface area (Å²) in [5.41, 5.74) is 0.666. The summed E-state index contributed by atoms with van der Waals surface area (Å²) in [6.45, 7) is 3.38. The number of rotatable bonds is 4. The lowest BCUT2D eigenvalue weighted by molar-refractivity contribution is 0.0869. The molecular formula is C14H16BrN3O2. The fourth-order valence-electron chi connectivity index (χ4n) is 1.59. The van der Waals surface area contributed by atoms with Crippen molar-refractivity contribution in [3.63, 3.8) is 0 Å². The van der Waals surface area contributed by atoms with Crippen molar-refractivity contribution in [3.8, 4) is 5.69 Å². The highest BCUT2D eigenvalue weighted by Crippen LogP contribution is 2.14. The van der Waals surface area contributed by atoms with Crippen molar-refractivity contribution >= 4 is 21.8 Å². The van der Waals surface area contributed by atoms with Crippen LogP contribution in [0.1, 0.15) is 24.2 Å². The molecule has 106 valence electrons. The molecule has 0 saturated carbocycles. The Bertz CT molecular complexity index is 605. The first-order valence-corrected chi connectivity index (χ1v) is 6.94. The van der Waals surface area contributed by atoms with Crippen molar-refractivity contribution in [3.05, 3.63) is 46.7 Å². The van der Waals surface area contributed by atoms with Gasteiger partial charge in [-0.1, -0.05) is 15.9 Å². The third-order valence-electron chi connectivity index (χ3n) is 2.78. The van der Waals surface area contributed by atoms with E-state index in [0.29, 0.717) is 5.56 Å². The third-order valence-corrected chi connectivity index (χ3v) is 3.31. The van der Waals surface area contributed by atoms with Crippen LogP contribution in [0.4, 0.5) is 0 Å². The third kappa shape index (κ3) is 3.46. The van der Waals surface area contributed by atoms with Gasteiger partial charge in [-0.05, 0) is 38.1 Å². The minimum atomic E-state index is -0.656. The van der Waals surface area contributed by atoms with E-state index in [1.54, 1.807) is 24.7 Å². The van der Waals surface area contributed by atoms with Gasteiger partial charge in [0.05, 0.1) is 29.6 Å². The fourth-order valence-corrected chi connectivity index (χ4v) is 1.86. The fraction of sp³-hybridized carbons (Fsp3) is 0.286. The molecule has 2 N–H and O–H groups in total. The van der Waals surface area contributed by atoms with Gasteiger partial charge in [-0.25, -0.2) is 4.68 Å². The molecule has 0 unspecified atom stereocenters. The quantitative estimate of drug-likeness (QED) is 0.898. The molecule has 0 radical (unpaired) electrons. The van der Waals surface area contributed by atoms with Crippen LogP contribution in [0.5, 0.6) is 0 Å². The van der Waals surface area contributed by atoms with Gasteiger partial charge in [-0.15, -0.1) is 0 Å². The van der Waals surface area contributed by atoms with E-state index in [1.165, 1.54) is 6.20 Å². The number of hydrogen-bond acceptors (Lipinski definition) is 3. The van der Waals surface area contributed by atoms with Gasteiger partial charge < -0.3 is 10.4 Å². The number of aliphatic hydroxyl groups excluding tert-OH is 1. The average molecular weight is 338 g/mol. The summed E-state index contributed by atoms with van der Waals surface area (Å²) in [6.07, 6.45) is 3.16. The zero-order valence-electron chi connectivity index (χ0n) is 11.3. The van der Waals surface area contributed by atoms with Gasteiger partial charge in [0.15, 0.2) is 0 Å². The number of carbonyl (C=O) groups is 1. The van der Waals surface area contributed by atoms with E-state index >= 15 is 0 Å². The van der Waals surface area contributed by atoms with Crippen LogP contribution < -0.4 is 5.32 Å². The molecule has 6 heteroatoms. The van der Waals surface area contributed by atoms with Gasteiger partial charge in [-0.3, -0.25) is 4.79 Å². The number of aliphatic hydroxyl groups is 1. The van der Waals surface area contributed by atoms with E-state index in [9.17, 15) is 4.79 Å². The molecule has 20 heavy (non-hydrogen) atoms. The maximum absolute atomic E-state index is 12.0. The second-order valence-corrected chi connectivity index (χ2v) is 6.06. The zero-order valence-corrected chi connectivity index (χ0v) is 12.9. The summed E-state index contributed by atoms with van der Waals surface area (Å²) in [5.74, 6) is -0.257. The normalized spacial score (nSPS) is 11.4. The molecule has 0 bridgehead atoms. The molecule has 1 aromatic carbocycles. The largest absolute Gasteiger partial charge is 0.394 e. The van der Waals surface area contributed by atoms with Crippen LogP contribution in [-0.2, 0) is 0 Å². The molecule has 0 spiro atoms. The number of nitrogens with one attached hydrogen (secondary N) is 1. The average Bonchev–Trinajstić information content (AvgIpc) is 2.89. The second kappa shape index (κ2) is 5.76. The minimum Gasteiger partial charge on any atom is -0.394 e. The molecule has 0 aliphatic heterocycles. The highest BCUT2D eigenvalue weighted by molar-refractivity contribution is 9.10. The Morgan fingerprint density at radius 1 is 1.40 bits per heavy atom. The van der Waals surface area contributed by atoms with Crippen molar-refractivity contribution in [2.45, 2.75) is 19.4 Å². The predicted octanol–water partition coefficient (Wildman–Crippen LogP) is 2.14. The number of amides is 1. The highest BCUT2D eigenvalue weighted by atomic mass is 79.9. The van der Waals surface area contributed by atoms with E-state index < -0.39 is 5.54 Å². The summed E-state index contributed by atoms with van der Waals surface area (Å²) in [4.78, 5) is 12.0.